The molecule has 0 amide bonds. The quantitative estimate of drug-likeness (QED) is 0.266. The van der Waals surface area contributed by atoms with E-state index in [1.807, 2.05) is 24.4 Å². The lowest BCUT2D eigenvalue weighted by atomic mass is 10.2. The molecule has 0 bridgehead atoms. The summed E-state index contributed by atoms with van der Waals surface area (Å²) in [4.78, 5) is 14.7. The van der Waals surface area contributed by atoms with Gasteiger partial charge in [0.05, 0.1) is 23.7 Å². The Balaban J connectivity index is 0.00000261. The van der Waals surface area contributed by atoms with E-state index < -0.39 is 0 Å². The van der Waals surface area contributed by atoms with Crippen LogP contribution in [0.1, 0.15) is 43.1 Å². The van der Waals surface area contributed by atoms with E-state index in [1.165, 1.54) is 0 Å². The minimum absolute atomic E-state index is 0. The van der Waals surface area contributed by atoms with E-state index in [1.54, 1.807) is 28.9 Å². The maximum Gasteiger partial charge on any atom is 0.236 e. The third kappa shape index (κ3) is 6.28. The topological polar surface area (TPSA) is 75.3 Å². The predicted octanol–water partition coefficient (Wildman–Crippen LogP) is 4.86. The third-order valence-corrected chi connectivity index (χ3v) is 5.32. The van der Waals surface area contributed by atoms with Crippen LogP contribution in [-0.4, -0.2) is 22.5 Å². The van der Waals surface area contributed by atoms with Crippen LogP contribution >= 0.6 is 46.7 Å². The van der Waals surface area contributed by atoms with Gasteiger partial charge in [-0.05, 0) is 24.3 Å². The number of aliphatic imine (C=N–C) groups is 1. The molecule has 0 saturated carbocycles. The van der Waals surface area contributed by atoms with Gasteiger partial charge < -0.3 is 15.1 Å². The van der Waals surface area contributed by atoms with Crippen molar-refractivity contribution in [3.63, 3.8) is 0 Å². The molecule has 0 fully saturated rings. The highest BCUT2D eigenvalue weighted by Crippen LogP contribution is 2.23. The molecule has 0 aliphatic heterocycles. The fourth-order valence-electron chi connectivity index (χ4n) is 2.23. The van der Waals surface area contributed by atoms with Crippen molar-refractivity contribution in [1.82, 2.24) is 20.6 Å². The Morgan fingerprint density at radius 2 is 2.11 bits per heavy atom. The molecule has 146 valence electrons. The van der Waals surface area contributed by atoms with Gasteiger partial charge in [-0.3, -0.25) is 0 Å². The summed E-state index contributed by atoms with van der Waals surface area (Å²) in [6.07, 6.45) is 1.66. The van der Waals surface area contributed by atoms with Crippen molar-refractivity contribution < 1.29 is 4.42 Å². The number of oxazole rings is 1. The van der Waals surface area contributed by atoms with E-state index in [9.17, 15) is 0 Å². The van der Waals surface area contributed by atoms with Gasteiger partial charge in [0.25, 0.3) is 0 Å². The van der Waals surface area contributed by atoms with Crippen LogP contribution in [0.25, 0.3) is 10.8 Å². The summed E-state index contributed by atoms with van der Waals surface area (Å²) in [7, 11) is 0. The number of hydrogen-bond acceptors (Lipinski definition) is 6. The van der Waals surface area contributed by atoms with E-state index in [4.69, 9.17) is 4.42 Å². The summed E-state index contributed by atoms with van der Waals surface area (Å²) in [5, 5.41) is 11.8. The van der Waals surface area contributed by atoms with Crippen LogP contribution in [0.5, 0.6) is 0 Å². The highest BCUT2D eigenvalue weighted by molar-refractivity contribution is 14.0. The molecule has 3 aromatic rings. The van der Waals surface area contributed by atoms with Crippen LogP contribution in [0.3, 0.4) is 0 Å². The fourth-order valence-corrected chi connectivity index (χ4v) is 3.78. The first-order chi connectivity index (χ1) is 12.7. The van der Waals surface area contributed by atoms with Crippen LogP contribution in [-0.2, 0) is 13.1 Å². The first-order valence-electron chi connectivity index (χ1n) is 8.60. The van der Waals surface area contributed by atoms with Gasteiger partial charge in [-0.15, -0.1) is 46.7 Å². The fraction of sp³-hybridized carbons (Fsp3) is 0.389. The Morgan fingerprint density at radius 3 is 2.78 bits per heavy atom. The van der Waals surface area contributed by atoms with E-state index in [2.05, 4.69) is 44.8 Å². The Hall–Kier alpha value is -1.46. The summed E-state index contributed by atoms with van der Waals surface area (Å²) in [5.74, 6) is 1.84. The third-order valence-electron chi connectivity index (χ3n) is 3.60. The van der Waals surface area contributed by atoms with Crippen LogP contribution in [0.2, 0.25) is 0 Å². The Morgan fingerprint density at radius 1 is 1.26 bits per heavy atom. The largest absolute Gasteiger partial charge is 0.443 e. The van der Waals surface area contributed by atoms with Crippen molar-refractivity contribution in [2.75, 3.05) is 6.54 Å². The molecule has 3 heterocycles. The number of nitrogens with zero attached hydrogens (tertiary/aromatic N) is 3. The van der Waals surface area contributed by atoms with E-state index >= 15 is 0 Å². The van der Waals surface area contributed by atoms with Crippen LogP contribution in [0, 0.1) is 0 Å². The normalized spacial score (nSPS) is 11.5. The number of thiazole rings is 1. The highest BCUT2D eigenvalue weighted by Gasteiger charge is 2.09. The Labute approximate surface area is 184 Å². The standard InChI is InChI=1S/C18H23N5OS2.HI/c1-4-19-18(21-9-16-23-14(11-26-16)12(2)3)20-8-13-10-24-17(22-13)15-6-5-7-25-15;/h5-7,10-12H,4,8-9H2,1-3H3,(H2,19,20,21);1H. The molecule has 0 unspecified atom stereocenters. The molecule has 9 heteroatoms. The molecule has 3 aromatic heterocycles. The number of thiophene rings is 1. The number of rotatable bonds is 7. The zero-order chi connectivity index (χ0) is 18.4. The van der Waals surface area contributed by atoms with Gasteiger partial charge in [-0.1, -0.05) is 19.9 Å². The summed E-state index contributed by atoms with van der Waals surface area (Å²) < 4.78 is 5.54. The molecule has 0 aliphatic rings. The maximum atomic E-state index is 5.54. The molecule has 3 rings (SSSR count). The molecule has 27 heavy (non-hydrogen) atoms. The predicted molar refractivity (Wildman–Crippen MR) is 123 cm³/mol. The number of hydrogen-bond donors (Lipinski definition) is 2. The smallest absolute Gasteiger partial charge is 0.236 e. The van der Waals surface area contributed by atoms with E-state index in [-0.39, 0.29) is 24.0 Å². The molecule has 0 aromatic carbocycles. The lowest BCUT2D eigenvalue weighted by Gasteiger charge is -2.09. The summed E-state index contributed by atoms with van der Waals surface area (Å²) >= 11 is 3.28. The van der Waals surface area contributed by atoms with Crippen molar-refractivity contribution in [1.29, 1.82) is 0 Å². The molecule has 0 radical (unpaired) electrons. The Bertz CT molecular complexity index is 842. The van der Waals surface area contributed by atoms with Gasteiger partial charge >= 0.3 is 0 Å². The second-order valence-electron chi connectivity index (χ2n) is 5.99. The number of guanidine groups is 1. The van der Waals surface area contributed by atoms with Gasteiger partial charge in [-0.25, -0.2) is 15.0 Å². The number of nitrogens with one attached hydrogen (secondary N) is 2. The Kier molecular flexibility index (Phi) is 8.71. The zero-order valence-corrected chi connectivity index (χ0v) is 19.5. The molecule has 2 N–H and O–H groups in total. The molecular weight excluding hydrogens is 493 g/mol. The molecule has 0 spiro atoms. The van der Waals surface area contributed by atoms with Gasteiger partial charge in [0.15, 0.2) is 5.96 Å². The van der Waals surface area contributed by atoms with Crippen LogP contribution in [0.4, 0.5) is 0 Å². The maximum absolute atomic E-state index is 5.54. The first kappa shape index (κ1) is 21.8. The van der Waals surface area contributed by atoms with Gasteiger partial charge in [0.2, 0.25) is 5.89 Å². The second-order valence-corrected chi connectivity index (χ2v) is 7.88. The van der Waals surface area contributed by atoms with Crippen LogP contribution in [0.15, 0.2) is 38.6 Å². The summed E-state index contributed by atoms with van der Waals surface area (Å²) in [6, 6.07) is 3.98. The average Bonchev–Trinajstić information content (AvgIpc) is 3.38. The van der Waals surface area contributed by atoms with Crippen molar-refractivity contribution in [3.05, 3.63) is 45.6 Å². The summed E-state index contributed by atoms with van der Waals surface area (Å²) in [5.41, 5.74) is 1.94. The lowest BCUT2D eigenvalue weighted by Crippen LogP contribution is -2.36. The van der Waals surface area contributed by atoms with Crippen LogP contribution < -0.4 is 10.6 Å². The van der Waals surface area contributed by atoms with Crippen molar-refractivity contribution in [3.8, 4) is 10.8 Å². The van der Waals surface area contributed by atoms with Gasteiger partial charge in [0, 0.05) is 11.9 Å². The summed E-state index contributed by atoms with van der Waals surface area (Å²) in [6.45, 7) is 8.25. The molecule has 6 nitrogen and oxygen atoms in total. The monoisotopic (exact) mass is 517 g/mol. The van der Waals surface area contributed by atoms with E-state index in [0.29, 0.717) is 24.9 Å². The number of halogens is 1. The SMILES string of the molecule is CCNC(=NCc1coc(-c2cccs2)n1)NCc1nc(C(C)C)cs1.I. The zero-order valence-electron chi connectivity index (χ0n) is 15.6. The van der Waals surface area contributed by atoms with Gasteiger partial charge in [0.1, 0.15) is 17.0 Å². The second kappa shape index (κ2) is 10.8. The number of aromatic nitrogens is 2. The first-order valence-corrected chi connectivity index (χ1v) is 10.4. The molecule has 0 atom stereocenters. The average molecular weight is 517 g/mol. The minimum atomic E-state index is 0. The molecular formula is C18H24IN5OS2. The van der Waals surface area contributed by atoms with Crippen molar-refractivity contribution >= 4 is 52.6 Å². The lowest BCUT2D eigenvalue weighted by molar-refractivity contribution is 0.574. The minimum Gasteiger partial charge on any atom is -0.443 e. The van der Waals surface area contributed by atoms with Crippen molar-refractivity contribution in [2.45, 2.75) is 39.8 Å². The van der Waals surface area contributed by atoms with Crippen molar-refractivity contribution in [2.24, 2.45) is 4.99 Å². The van der Waals surface area contributed by atoms with Gasteiger partial charge in [-0.2, -0.15) is 0 Å². The molecule has 0 aliphatic carbocycles. The van der Waals surface area contributed by atoms with E-state index in [0.717, 1.165) is 33.8 Å². The highest BCUT2D eigenvalue weighted by atomic mass is 127. The molecule has 0 saturated heterocycles.